The molecule has 2 aromatic heterocycles. The third kappa shape index (κ3) is 2.28. The Kier molecular flexibility index (Phi) is 3.33. The molecule has 1 aliphatic heterocycles. The molecule has 102 valence electrons. The lowest BCUT2D eigenvalue weighted by Gasteiger charge is -2.21. The zero-order valence-corrected chi connectivity index (χ0v) is 11.9. The summed E-state index contributed by atoms with van der Waals surface area (Å²) in [5.74, 6) is 1.84. The molecular formula is C13H17ClN4O. The maximum Gasteiger partial charge on any atom is 0.158 e. The molecule has 5 nitrogen and oxygen atoms in total. The van der Waals surface area contributed by atoms with Gasteiger partial charge in [0.15, 0.2) is 5.82 Å². The average molecular weight is 281 g/mol. The molecule has 1 fully saturated rings. The molecule has 0 N–H and O–H groups in total. The molecule has 6 heteroatoms. The van der Waals surface area contributed by atoms with Crippen molar-refractivity contribution >= 4 is 28.5 Å². The predicted molar refractivity (Wildman–Crippen MR) is 75.9 cm³/mol. The van der Waals surface area contributed by atoms with Gasteiger partial charge >= 0.3 is 0 Å². The van der Waals surface area contributed by atoms with E-state index in [-0.39, 0.29) is 0 Å². The van der Waals surface area contributed by atoms with Crippen LogP contribution < -0.4 is 4.90 Å². The summed E-state index contributed by atoms with van der Waals surface area (Å²) in [6.07, 6.45) is 1.00. The van der Waals surface area contributed by atoms with E-state index in [2.05, 4.69) is 14.9 Å². The summed E-state index contributed by atoms with van der Waals surface area (Å²) in [5.41, 5.74) is 1.95. The molecular weight excluding hydrogens is 264 g/mol. The Morgan fingerprint density at radius 2 is 2.11 bits per heavy atom. The topological polar surface area (TPSA) is 43.2 Å². The van der Waals surface area contributed by atoms with Crippen LogP contribution in [0, 0.1) is 6.92 Å². The molecule has 0 aliphatic carbocycles. The summed E-state index contributed by atoms with van der Waals surface area (Å²) in [5, 5.41) is 0.510. The highest BCUT2D eigenvalue weighted by Crippen LogP contribution is 2.28. The Labute approximate surface area is 117 Å². The molecule has 0 amide bonds. The van der Waals surface area contributed by atoms with E-state index in [4.69, 9.17) is 16.3 Å². The standard InChI is InChI=1S/C13H17ClN4O/c1-9-15-12-10(17(9)2)8-11(14)16-13(12)18-4-3-6-19-7-5-18/h8H,3-7H2,1-2H3. The van der Waals surface area contributed by atoms with Gasteiger partial charge in [-0.3, -0.25) is 0 Å². The highest BCUT2D eigenvalue weighted by molar-refractivity contribution is 6.30. The van der Waals surface area contributed by atoms with Crippen LogP contribution in [-0.4, -0.2) is 40.8 Å². The fraction of sp³-hybridized carbons (Fsp3) is 0.538. The number of nitrogens with zero attached hydrogens (tertiary/aromatic N) is 4. The smallest absolute Gasteiger partial charge is 0.158 e. The van der Waals surface area contributed by atoms with Crippen LogP contribution in [-0.2, 0) is 11.8 Å². The number of halogens is 1. The van der Waals surface area contributed by atoms with Gasteiger partial charge in [-0.2, -0.15) is 0 Å². The number of hydrogen-bond donors (Lipinski definition) is 0. The number of hydrogen-bond acceptors (Lipinski definition) is 4. The predicted octanol–water partition coefficient (Wildman–Crippen LogP) is 2.16. The molecule has 0 spiro atoms. The second kappa shape index (κ2) is 4.98. The summed E-state index contributed by atoms with van der Waals surface area (Å²) in [6.45, 7) is 5.28. The molecule has 0 saturated carbocycles. The minimum atomic E-state index is 0.510. The van der Waals surface area contributed by atoms with Gasteiger partial charge in [-0.25, -0.2) is 9.97 Å². The third-order valence-electron chi connectivity index (χ3n) is 3.57. The van der Waals surface area contributed by atoms with E-state index in [9.17, 15) is 0 Å². The van der Waals surface area contributed by atoms with Crippen LogP contribution >= 0.6 is 11.6 Å². The second-order valence-electron chi connectivity index (χ2n) is 4.81. The Morgan fingerprint density at radius 3 is 2.95 bits per heavy atom. The summed E-state index contributed by atoms with van der Waals surface area (Å²) >= 11 is 6.15. The first-order valence-corrected chi connectivity index (χ1v) is 6.87. The molecule has 19 heavy (non-hydrogen) atoms. The quantitative estimate of drug-likeness (QED) is 0.751. The van der Waals surface area contributed by atoms with Crippen molar-refractivity contribution in [3.8, 4) is 0 Å². The van der Waals surface area contributed by atoms with Crippen molar-refractivity contribution in [2.45, 2.75) is 13.3 Å². The van der Waals surface area contributed by atoms with Gasteiger partial charge in [-0.05, 0) is 13.3 Å². The fourth-order valence-corrected chi connectivity index (χ4v) is 2.62. The summed E-state index contributed by atoms with van der Waals surface area (Å²) in [6, 6.07) is 1.87. The molecule has 0 unspecified atom stereocenters. The summed E-state index contributed by atoms with van der Waals surface area (Å²) in [7, 11) is 2.00. The minimum Gasteiger partial charge on any atom is -0.380 e. The normalized spacial score (nSPS) is 16.9. The first kappa shape index (κ1) is 12.7. The van der Waals surface area contributed by atoms with Gasteiger partial charge in [0.2, 0.25) is 0 Å². The number of imidazole rings is 1. The van der Waals surface area contributed by atoms with Gasteiger partial charge in [-0.15, -0.1) is 0 Å². The molecule has 3 rings (SSSR count). The number of aryl methyl sites for hydroxylation is 2. The maximum absolute atomic E-state index is 6.15. The lowest BCUT2D eigenvalue weighted by Crippen LogP contribution is -2.27. The zero-order valence-electron chi connectivity index (χ0n) is 11.2. The van der Waals surface area contributed by atoms with E-state index in [0.29, 0.717) is 5.15 Å². The van der Waals surface area contributed by atoms with Crippen molar-refractivity contribution in [3.05, 3.63) is 17.0 Å². The number of pyridine rings is 1. The lowest BCUT2D eigenvalue weighted by molar-refractivity contribution is 0.152. The highest BCUT2D eigenvalue weighted by Gasteiger charge is 2.18. The molecule has 2 aromatic rings. The van der Waals surface area contributed by atoms with Gasteiger partial charge in [0.1, 0.15) is 16.5 Å². The highest BCUT2D eigenvalue weighted by atomic mass is 35.5. The second-order valence-corrected chi connectivity index (χ2v) is 5.19. The zero-order chi connectivity index (χ0) is 13.4. The molecule has 0 radical (unpaired) electrons. The van der Waals surface area contributed by atoms with Gasteiger partial charge < -0.3 is 14.2 Å². The largest absolute Gasteiger partial charge is 0.380 e. The van der Waals surface area contributed by atoms with Gasteiger partial charge in [-0.1, -0.05) is 11.6 Å². The fourth-order valence-electron chi connectivity index (χ4n) is 2.43. The number of rotatable bonds is 1. The lowest BCUT2D eigenvalue weighted by atomic mass is 10.3. The molecule has 0 atom stereocenters. The van der Waals surface area contributed by atoms with Crippen molar-refractivity contribution in [2.24, 2.45) is 7.05 Å². The van der Waals surface area contributed by atoms with Crippen molar-refractivity contribution < 1.29 is 4.74 Å². The van der Waals surface area contributed by atoms with Gasteiger partial charge in [0.25, 0.3) is 0 Å². The minimum absolute atomic E-state index is 0.510. The average Bonchev–Trinajstić information content (AvgIpc) is 2.63. The molecule has 1 aliphatic rings. The summed E-state index contributed by atoms with van der Waals surface area (Å²) < 4.78 is 7.53. The van der Waals surface area contributed by atoms with Crippen LogP contribution in [0.5, 0.6) is 0 Å². The van der Waals surface area contributed by atoms with Crippen LogP contribution in [0.25, 0.3) is 11.0 Å². The van der Waals surface area contributed by atoms with Crippen LogP contribution in [0.3, 0.4) is 0 Å². The first-order valence-electron chi connectivity index (χ1n) is 6.49. The number of aromatic nitrogens is 3. The third-order valence-corrected chi connectivity index (χ3v) is 3.76. The molecule has 0 aromatic carbocycles. The Morgan fingerprint density at radius 1 is 1.26 bits per heavy atom. The van der Waals surface area contributed by atoms with Gasteiger partial charge in [0.05, 0.1) is 12.1 Å². The van der Waals surface area contributed by atoms with Gasteiger partial charge in [0, 0.05) is 32.8 Å². The number of ether oxygens (including phenoxy) is 1. The van der Waals surface area contributed by atoms with E-state index >= 15 is 0 Å². The SMILES string of the molecule is Cc1nc2c(N3CCCOCC3)nc(Cl)cc2n1C. The van der Waals surface area contributed by atoms with Crippen LogP contribution in [0.1, 0.15) is 12.2 Å². The van der Waals surface area contributed by atoms with Crippen molar-refractivity contribution in [1.82, 2.24) is 14.5 Å². The Hall–Kier alpha value is -1.33. The first-order chi connectivity index (χ1) is 9.16. The van der Waals surface area contributed by atoms with E-state index in [0.717, 1.165) is 55.4 Å². The van der Waals surface area contributed by atoms with E-state index in [1.165, 1.54) is 0 Å². The Balaban J connectivity index is 2.13. The molecule has 0 bridgehead atoms. The van der Waals surface area contributed by atoms with Crippen molar-refractivity contribution in [2.75, 3.05) is 31.2 Å². The van der Waals surface area contributed by atoms with Crippen molar-refractivity contribution in [1.29, 1.82) is 0 Å². The maximum atomic E-state index is 6.15. The number of anilines is 1. The monoisotopic (exact) mass is 280 g/mol. The number of fused-ring (bicyclic) bond motifs is 1. The molecule has 3 heterocycles. The van der Waals surface area contributed by atoms with Crippen LogP contribution in [0.4, 0.5) is 5.82 Å². The van der Waals surface area contributed by atoms with E-state index < -0.39 is 0 Å². The summed E-state index contributed by atoms with van der Waals surface area (Å²) in [4.78, 5) is 11.3. The molecule has 1 saturated heterocycles. The van der Waals surface area contributed by atoms with Crippen LogP contribution in [0.2, 0.25) is 5.15 Å². The van der Waals surface area contributed by atoms with Crippen molar-refractivity contribution in [3.63, 3.8) is 0 Å². The van der Waals surface area contributed by atoms with E-state index in [1.54, 1.807) is 0 Å². The Bertz CT molecular complexity index is 602. The van der Waals surface area contributed by atoms with Crippen LogP contribution in [0.15, 0.2) is 6.07 Å². The van der Waals surface area contributed by atoms with E-state index in [1.807, 2.05) is 24.6 Å².